The Labute approximate surface area is 185 Å². The zero-order valence-corrected chi connectivity index (χ0v) is 17.7. The quantitative estimate of drug-likeness (QED) is 0.331. The molecular weight excluding hydrogens is 400 g/mol. The van der Waals surface area contributed by atoms with Crippen LogP contribution in [0.25, 0.3) is 33.3 Å². The second-order valence-corrected chi connectivity index (χ2v) is 7.56. The van der Waals surface area contributed by atoms with E-state index in [1.165, 1.54) is 0 Å². The van der Waals surface area contributed by atoms with Gasteiger partial charge in [0, 0.05) is 22.2 Å². The number of aromatic nitrogens is 1. The van der Waals surface area contributed by atoms with Gasteiger partial charge in [0.05, 0.1) is 6.61 Å². The van der Waals surface area contributed by atoms with Crippen LogP contribution in [-0.4, -0.2) is 17.5 Å². The number of amides is 1. The Bertz CT molecular complexity index is 1420. The van der Waals surface area contributed by atoms with Crippen molar-refractivity contribution in [1.29, 1.82) is 0 Å². The molecule has 0 saturated carbocycles. The molecule has 0 aliphatic heterocycles. The first kappa shape index (κ1) is 19.8. The van der Waals surface area contributed by atoms with Crippen molar-refractivity contribution in [2.24, 2.45) is 0 Å². The van der Waals surface area contributed by atoms with Gasteiger partial charge in [0.2, 0.25) is 5.89 Å². The normalized spacial score (nSPS) is 11.0. The van der Waals surface area contributed by atoms with Gasteiger partial charge in [-0.15, -0.1) is 0 Å². The molecule has 0 atom stereocenters. The molecule has 0 aliphatic rings. The third-order valence-corrected chi connectivity index (χ3v) is 5.22. The maximum Gasteiger partial charge on any atom is 0.255 e. The summed E-state index contributed by atoms with van der Waals surface area (Å²) in [5.74, 6) is 1.00. The highest BCUT2D eigenvalue weighted by molar-refractivity contribution is 6.05. The second kappa shape index (κ2) is 8.55. The minimum Gasteiger partial charge on any atom is -0.494 e. The van der Waals surface area contributed by atoms with Crippen molar-refractivity contribution >= 4 is 33.5 Å². The molecule has 0 aliphatic carbocycles. The van der Waals surface area contributed by atoms with Gasteiger partial charge in [-0.3, -0.25) is 4.79 Å². The Hall–Kier alpha value is -4.12. The molecule has 1 amide bonds. The van der Waals surface area contributed by atoms with Crippen molar-refractivity contribution < 1.29 is 13.9 Å². The number of anilines is 1. The summed E-state index contributed by atoms with van der Waals surface area (Å²) < 4.78 is 11.7. The standard InChI is InChI=1S/C27H22N2O3/c1-2-15-31-22-11-6-8-19(17-22)26(30)28-21-10-5-9-20(16-21)27-29-25-23-12-4-3-7-18(23)13-14-24(25)32-27/h3-14,16-17H,2,15H2,1H3,(H,28,30). The Morgan fingerprint density at radius 1 is 0.969 bits per heavy atom. The van der Waals surface area contributed by atoms with Gasteiger partial charge >= 0.3 is 0 Å². The lowest BCUT2D eigenvalue weighted by Crippen LogP contribution is -2.12. The van der Waals surface area contributed by atoms with Crippen LogP contribution in [0, 0.1) is 0 Å². The molecule has 0 fully saturated rings. The lowest BCUT2D eigenvalue weighted by molar-refractivity contribution is 0.102. The number of benzene rings is 4. The topological polar surface area (TPSA) is 64.4 Å². The number of hydrogen-bond donors (Lipinski definition) is 1. The monoisotopic (exact) mass is 422 g/mol. The van der Waals surface area contributed by atoms with Crippen molar-refractivity contribution in [3.05, 3.63) is 90.5 Å². The van der Waals surface area contributed by atoms with Crippen LogP contribution in [0.15, 0.2) is 89.3 Å². The molecule has 1 N–H and O–H groups in total. The molecule has 5 aromatic rings. The number of rotatable bonds is 6. The summed E-state index contributed by atoms with van der Waals surface area (Å²) in [5, 5.41) is 5.12. The van der Waals surface area contributed by atoms with Gasteiger partial charge in [-0.2, -0.15) is 0 Å². The molecule has 0 spiro atoms. The summed E-state index contributed by atoms with van der Waals surface area (Å²) in [5.41, 5.74) is 3.56. The zero-order chi connectivity index (χ0) is 21.9. The number of carbonyl (C=O) groups excluding carboxylic acids is 1. The molecule has 5 heteroatoms. The van der Waals surface area contributed by atoms with Gasteiger partial charge in [0.15, 0.2) is 5.58 Å². The zero-order valence-electron chi connectivity index (χ0n) is 17.7. The van der Waals surface area contributed by atoms with E-state index in [-0.39, 0.29) is 5.91 Å². The number of nitrogens with one attached hydrogen (secondary N) is 1. The van der Waals surface area contributed by atoms with Crippen LogP contribution in [0.3, 0.4) is 0 Å². The minimum atomic E-state index is -0.201. The van der Waals surface area contributed by atoms with Crippen LogP contribution in [0.4, 0.5) is 5.69 Å². The first-order chi connectivity index (χ1) is 15.7. The van der Waals surface area contributed by atoms with E-state index < -0.39 is 0 Å². The van der Waals surface area contributed by atoms with E-state index in [1.54, 1.807) is 12.1 Å². The molecule has 158 valence electrons. The molecule has 4 aromatic carbocycles. The highest BCUT2D eigenvalue weighted by Gasteiger charge is 2.13. The average Bonchev–Trinajstić information content (AvgIpc) is 3.28. The van der Waals surface area contributed by atoms with Crippen LogP contribution >= 0.6 is 0 Å². The van der Waals surface area contributed by atoms with Crippen LogP contribution in [0.2, 0.25) is 0 Å². The van der Waals surface area contributed by atoms with E-state index in [1.807, 2.05) is 73.7 Å². The van der Waals surface area contributed by atoms with E-state index in [9.17, 15) is 4.79 Å². The van der Waals surface area contributed by atoms with E-state index in [2.05, 4.69) is 11.4 Å². The molecule has 0 radical (unpaired) electrons. The fourth-order valence-corrected chi connectivity index (χ4v) is 3.67. The number of hydrogen-bond acceptors (Lipinski definition) is 4. The summed E-state index contributed by atoms with van der Waals surface area (Å²) in [6, 6.07) is 26.8. The SMILES string of the molecule is CCCOc1cccc(C(=O)Nc2cccc(-c3nc4c(ccc5ccccc54)o3)c2)c1. The van der Waals surface area contributed by atoms with Gasteiger partial charge in [0.25, 0.3) is 5.91 Å². The van der Waals surface area contributed by atoms with Gasteiger partial charge < -0.3 is 14.5 Å². The van der Waals surface area contributed by atoms with Crippen molar-refractivity contribution in [3.63, 3.8) is 0 Å². The van der Waals surface area contributed by atoms with Gasteiger partial charge in [0.1, 0.15) is 11.3 Å². The van der Waals surface area contributed by atoms with Gasteiger partial charge in [-0.1, -0.05) is 49.4 Å². The maximum absolute atomic E-state index is 12.8. The van der Waals surface area contributed by atoms with E-state index in [0.29, 0.717) is 29.5 Å². The summed E-state index contributed by atoms with van der Waals surface area (Å²) in [7, 11) is 0. The Kier molecular flexibility index (Phi) is 5.30. The lowest BCUT2D eigenvalue weighted by Gasteiger charge is -2.09. The lowest BCUT2D eigenvalue weighted by atomic mass is 10.1. The molecule has 0 saturated heterocycles. The first-order valence-electron chi connectivity index (χ1n) is 10.6. The third-order valence-electron chi connectivity index (χ3n) is 5.22. The Morgan fingerprint density at radius 2 is 1.84 bits per heavy atom. The molecule has 5 rings (SSSR count). The number of ether oxygens (including phenoxy) is 1. The molecule has 32 heavy (non-hydrogen) atoms. The second-order valence-electron chi connectivity index (χ2n) is 7.56. The fourth-order valence-electron chi connectivity index (χ4n) is 3.67. The minimum absolute atomic E-state index is 0.201. The largest absolute Gasteiger partial charge is 0.494 e. The van der Waals surface area contributed by atoms with Crippen LogP contribution < -0.4 is 10.1 Å². The maximum atomic E-state index is 12.8. The van der Waals surface area contributed by atoms with Gasteiger partial charge in [-0.25, -0.2) is 4.98 Å². The summed E-state index contributed by atoms with van der Waals surface area (Å²) in [4.78, 5) is 17.5. The van der Waals surface area contributed by atoms with Crippen molar-refractivity contribution in [2.75, 3.05) is 11.9 Å². The van der Waals surface area contributed by atoms with Crippen LogP contribution in [-0.2, 0) is 0 Å². The highest BCUT2D eigenvalue weighted by Crippen LogP contribution is 2.30. The first-order valence-corrected chi connectivity index (χ1v) is 10.6. The fraction of sp³-hybridized carbons (Fsp3) is 0.111. The predicted octanol–water partition coefficient (Wildman–Crippen LogP) is 6.69. The van der Waals surface area contributed by atoms with E-state index >= 15 is 0 Å². The molecule has 1 aromatic heterocycles. The van der Waals surface area contributed by atoms with Crippen LogP contribution in [0.5, 0.6) is 5.75 Å². The molecule has 0 unspecified atom stereocenters. The summed E-state index contributed by atoms with van der Waals surface area (Å²) >= 11 is 0. The van der Waals surface area contributed by atoms with Crippen molar-refractivity contribution in [3.8, 4) is 17.2 Å². The number of carbonyl (C=O) groups is 1. The predicted molar refractivity (Wildman–Crippen MR) is 127 cm³/mol. The third kappa shape index (κ3) is 3.93. The van der Waals surface area contributed by atoms with Gasteiger partial charge in [-0.05, 0) is 54.3 Å². The van der Waals surface area contributed by atoms with E-state index in [4.69, 9.17) is 14.1 Å². The Balaban J connectivity index is 1.41. The smallest absolute Gasteiger partial charge is 0.255 e. The molecule has 5 nitrogen and oxygen atoms in total. The average molecular weight is 422 g/mol. The summed E-state index contributed by atoms with van der Waals surface area (Å²) in [6.45, 7) is 2.66. The number of oxazole rings is 1. The highest BCUT2D eigenvalue weighted by atomic mass is 16.5. The molecule has 0 bridgehead atoms. The molecular formula is C27H22N2O3. The van der Waals surface area contributed by atoms with E-state index in [0.717, 1.165) is 33.9 Å². The Morgan fingerprint density at radius 3 is 2.75 bits per heavy atom. The van der Waals surface area contributed by atoms with Crippen LogP contribution in [0.1, 0.15) is 23.7 Å². The van der Waals surface area contributed by atoms with Crippen molar-refractivity contribution in [2.45, 2.75) is 13.3 Å². The number of nitrogens with zero attached hydrogens (tertiary/aromatic N) is 1. The number of fused-ring (bicyclic) bond motifs is 3. The summed E-state index contributed by atoms with van der Waals surface area (Å²) in [6.07, 6.45) is 0.912. The van der Waals surface area contributed by atoms with Crippen molar-refractivity contribution in [1.82, 2.24) is 4.98 Å². The molecule has 1 heterocycles.